The van der Waals surface area contributed by atoms with Crippen molar-refractivity contribution in [3.63, 3.8) is 0 Å². The lowest BCUT2D eigenvalue weighted by molar-refractivity contribution is -0.121. The zero-order chi connectivity index (χ0) is 20.7. The Labute approximate surface area is 175 Å². The van der Waals surface area contributed by atoms with Crippen LogP contribution in [0.5, 0.6) is 0 Å². The lowest BCUT2D eigenvalue weighted by Gasteiger charge is -2.16. The normalized spacial score (nSPS) is 17.1. The summed E-state index contributed by atoms with van der Waals surface area (Å²) >= 11 is 6.44. The number of halogens is 2. The van der Waals surface area contributed by atoms with Crippen molar-refractivity contribution in [2.24, 2.45) is 0 Å². The fourth-order valence-corrected chi connectivity index (χ4v) is 3.69. The Hall–Kier alpha value is -3.30. The maximum absolute atomic E-state index is 13.3. The summed E-state index contributed by atoms with van der Waals surface area (Å²) < 4.78 is 14.9. The van der Waals surface area contributed by atoms with Gasteiger partial charge in [-0.2, -0.15) is 4.52 Å². The van der Waals surface area contributed by atoms with E-state index >= 15 is 0 Å². The predicted molar refractivity (Wildman–Crippen MR) is 112 cm³/mol. The number of carbonyl (C=O) groups excluding carboxylic acids is 1. The number of rotatable bonds is 3. The molecule has 30 heavy (non-hydrogen) atoms. The summed E-state index contributed by atoms with van der Waals surface area (Å²) in [5.74, 6) is 0.298. The molecule has 0 radical (unpaired) electrons. The zero-order valence-corrected chi connectivity index (χ0v) is 16.4. The number of carbonyl (C=O) groups is 1. The largest absolute Gasteiger partial charge is 0.353 e. The van der Waals surface area contributed by atoms with Crippen molar-refractivity contribution in [2.45, 2.75) is 6.04 Å². The summed E-state index contributed by atoms with van der Waals surface area (Å²) in [7, 11) is 0. The van der Waals surface area contributed by atoms with Crippen molar-refractivity contribution >= 4 is 40.0 Å². The molecule has 0 bridgehead atoms. The molecule has 2 aromatic heterocycles. The summed E-state index contributed by atoms with van der Waals surface area (Å²) in [6.07, 6.45) is 0. The summed E-state index contributed by atoms with van der Waals surface area (Å²) in [6, 6.07) is 10.8. The molecule has 0 aliphatic carbocycles. The van der Waals surface area contributed by atoms with Crippen LogP contribution in [0, 0.1) is 5.82 Å². The van der Waals surface area contributed by atoms with Crippen molar-refractivity contribution in [3.05, 3.63) is 53.3 Å². The fourth-order valence-electron chi connectivity index (χ4n) is 3.43. The lowest BCUT2D eigenvalue weighted by atomic mass is 10.2. The average Bonchev–Trinajstić information content (AvgIpc) is 3.08. The average molecular weight is 426 g/mol. The maximum atomic E-state index is 13.3. The van der Waals surface area contributed by atoms with E-state index in [0.717, 1.165) is 0 Å². The van der Waals surface area contributed by atoms with Crippen LogP contribution in [0.3, 0.4) is 0 Å². The van der Waals surface area contributed by atoms with Gasteiger partial charge < -0.3 is 16.0 Å². The van der Waals surface area contributed by atoms with E-state index in [9.17, 15) is 9.18 Å². The van der Waals surface area contributed by atoms with Gasteiger partial charge in [-0.05, 0) is 36.4 Å². The van der Waals surface area contributed by atoms with Gasteiger partial charge in [-0.3, -0.25) is 4.79 Å². The first-order valence-electron chi connectivity index (χ1n) is 9.46. The SMILES string of the molecule is O=C1NCCNC[C@H]1Nc1nc2cccc(Cl)c2c2nc(-c3ccc(F)cc3)nn12. The van der Waals surface area contributed by atoms with Gasteiger partial charge in [-0.25, -0.2) is 14.4 Å². The molecule has 0 unspecified atom stereocenters. The Morgan fingerprint density at radius 3 is 2.80 bits per heavy atom. The molecular weight excluding hydrogens is 409 g/mol. The Kier molecular flexibility index (Phi) is 4.68. The summed E-state index contributed by atoms with van der Waals surface area (Å²) in [5, 5.41) is 14.9. The Balaban J connectivity index is 1.68. The molecule has 2 aromatic carbocycles. The second kappa shape index (κ2) is 7.51. The molecule has 1 aliphatic heterocycles. The monoisotopic (exact) mass is 425 g/mol. The van der Waals surface area contributed by atoms with E-state index in [1.54, 1.807) is 24.3 Å². The molecule has 0 spiro atoms. The number of aromatic nitrogens is 4. The number of fused-ring (bicyclic) bond motifs is 3. The Morgan fingerprint density at radius 1 is 1.13 bits per heavy atom. The van der Waals surface area contributed by atoms with Crippen LogP contribution in [0.15, 0.2) is 42.5 Å². The van der Waals surface area contributed by atoms with Gasteiger partial charge in [0.25, 0.3) is 0 Å². The van der Waals surface area contributed by atoms with Gasteiger partial charge in [0, 0.05) is 25.2 Å². The van der Waals surface area contributed by atoms with E-state index in [2.05, 4.69) is 31.0 Å². The highest BCUT2D eigenvalue weighted by Crippen LogP contribution is 2.29. The van der Waals surface area contributed by atoms with Crippen molar-refractivity contribution < 1.29 is 9.18 Å². The van der Waals surface area contributed by atoms with E-state index in [4.69, 9.17) is 11.6 Å². The van der Waals surface area contributed by atoms with Crippen LogP contribution >= 0.6 is 11.6 Å². The molecule has 4 aromatic rings. The predicted octanol–water partition coefficient (Wildman–Crippen LogP) is 2.24. The smallest absolute Gasteiger partial charge is 0.243 e. The molecule has 1 aliphatic rings. The number of nitrogens with one attached hydrogen (secondary N) is 3. The maximum Gasteiger partial charge on any atom is 0.243 e. The second-order valence-corrected chi connectivity index (χ2v) is 7.35. The molecule has 10 heteroatoms. The highest BCUT2D eigenvalue weighted by Gasteiger charge is 2.24. The summed E-state index contributed by atoms with van der Waals surface area (Å²) in [4.78, 5) is 21.7. The first kappa shape index (κ1) is 18.7. The molecule has 8 nitrogen and oxygen atoms in total. The fraction of sp³-hybridized carbons (Fsp3) is 0.200. The van der Waals surface area contributed by atoms with Crippen LogP contribution in [0.25, 0.3) is 27.9 Å². The molecule has 3 N–H and O–H groups in total. The van der Waals surface area contributed by atoms with Gasteiger partial charge in [-0.1, -0.05) is 17.7 Å². The number of hydrogen-bond acceptors (Lipinski definition) is 6. The number of benzene rings is 2. The lowest BCUT2D eigenvalue weighted by Crippen LogP contribution is -2.42. The minimum Gasteiger partial charge on any atom is -0.353 e. The van der Waals surface area contributed by atoms with Crippen molar-refractivity contribution in [1.29, 1.82) is 0 Å². The summed E-state index contributed by atoms with van der Waals surface area (Å²) in [5.41, 5.74) is 1.77. The molecule has 1 fully saturated rings. The van der Waals surface area contributed by atoms with Crippen LogP contribution in [0.2, 0.25) is 5.02 Å². The third-order valence-corrected chi connectivity index (χ3v) is 5.24. The highest BCUT2D eigenvalue weighted by atomic mass is 35.5. The van der Waals surface area contributed by atoms with Gasteiger partial charge in [-0.15, -0.1) is 5.10 Å². The molecule has 0 saturated carbocycles. The van der Waals surface area contributed by atoms with Gasteiger partial charge in [0.15, 0.2) is 11.5 Å². The third-order valence-electron chi connectivity index (χ3n) is 4.92. The quantitative estimate of drug-likeness (QED) is 0.466. The third kappa shape index (κ3) is 3.31. The van der Waals surface area contributed by atoms with Crippen LogP contribution in [-0.2, 0) is 4.79 Å². The number of anilines is 1. The van der Waals surface area contributed by atoms with Gasteiger partial charge in [0.1, 0.15) is 11.9 Å². The van der Waals surface area contributed by atoms with E-state index in [1.807, 2.05) is 6.07 Å². The van der Waals surface area contributed by atoms with Crippen molar-refractivity contribution in [3.8, 4) is 11.4 Å². The molecule has 1 saturated heterocycles. The molecule has 3 heterocycles. The first-order valence-corrected chi connectivity index (χ1v) is 9.84. The van der Waals surface area contributed by atoms with Gasteiger partial charge >= 0.3 is 0 Å². The van der Waals surface area contributed by atoms with Crippen LogP contribution in [0.4, 0.5) is 10.3 Å². The highest BCUT2D eigenvalue weighted by molar-refractivity contribution is 6.36. The van der Waals surface area contributed by atoms with E-state index in [0.29, 0.717) is 58.5 Å². The van der Waals surface area contributed by atoms with E-state index in [1.165, 1.54) is 16.6 Å². The zero-order valence-electron chi connectivity index (χ0n) is 15.7. The van der Waals surface area contributed by atoms with E-state index < -0.39 is 6.04 Å². The first-order chi connectivity index (χ1) is 14.6. The van der Waals surface area contributed by atoms with Crippen LogP contribution in [0.1, 0.15) is 0 Å². The molecular formula is C20H17ClFN7O. The van der Waals surface area contributed by atoms with Crippen LogP contribution in [-0.4, -0.2) is 51.2 Å². The number of amides is 1. The topological polar surface area (TPSA) is 96.2 Å². The van der Waals surface area contributed by atoms with Gasteiger partial charge in [0.05, 0.1) is 15.9 Å². The molecule has 152 valence electrons. The van der Waals surface area contributed by atoms with Gasteiger partial charge in [0.2, 0.25) is 11.9 Å². The minimum absolute atomic E-state index is 0.125. The standard InChI is InChI=1S/C20H17ClFN7O/c21-13-2-1-3-14-16(13)18-27-17(11-4-6-12(22)7-5-11)28-29(18)20(25-14)26-15-10-23-8-9-24-19(15)30/h1-7,15,23H,8-10H2,(H,24,30)(H,25,26)/t15-/m1/s1. The Bertz CT molecular complexity index is 1260. The second-order valence-electron chi connectivity index (χ2n) is 6.94. The molecule has 1 amide bonds. The molecule has 5 rings (SSSR count). The van der Waals surface area contributed by atoms with Crippen molar-refractivity contribution in [1.82, 2.24) is 30.2 Å². The van der Waals surface area contributed by atoms with E-state index in [-0.39, 0.29) is 11.7 Å². The summed E-state index contributed by atoms with van der Waals surface area (Å²) in [6.45, 7) is 1.70. The Morgan fingerprint density at radius 2 is 1.97 bits per heavy atom. The van der Waals surface area contributed by atoms with Crippen molar-refractivity contribution in [2.75, 3.05) is 25.0 Å². The number of nitrogens with zero attached hydrogens (tertiary/aromatic N) is 4. The molecule has 1 atom stereocenters. The number of hydrogen-bond donors (Lipinski definition) is 3. The minimum atomic E-state index is -0.529. The van der Waals surface area contributed by atoms with Crippen LogP contribution < -0.4 is 16.0 Å².